The van der Waals surface area contributed by atoms with Crippen molar-refractivity contribution in [1.82, 2.24) is 25.1 Å². The van der Waals surface area contributed by atoms with Gasteiger partial charge < -0.3 is 29.5 Å². The number of hydrogen-bond acceptors (Lipinski definition) is 8. The van der Waals surface area contributed by atoms with E-state index < -0.39 is 11.2 Å². The maximum Gasteiger partial charge on any atom is 0.410 e. The van der Waals surface area contributed by atoms with E-state index in [0.29, 0.717) is 31.1 Å². The van der Waals surface area contributed by atoms with E-state index in [2.05, 4.69) is 47.9 Å². The van der Waals surface area contributed by atoms with Crippen molar-refractivity contribution in [1.29, 1.82) is 0 Å². The monoisotopic (exact) mass is 506 g/mol. The minimum absolute atomic E-state index is 0.142. The van der Waals surface area contributed by atoms with E-state index in [1.54, 1.807) is 28.3 Å². The summed E-state index contributed by atoms with van der Waals surface area (Å²) < 4.78 is 10.8. The van der Waals surface area contributed by atoms with E-state index in [-0.39, 0.29) is 24.3 Å². The summed E-state index contributed by atoms with van der Waals surface area (Å²) in [4.78, 5) is 38.3. The molecule has 0 bridgehead atoms. The van der Waals surface area contributed by atoms with Gasteiger partial charge in [-0.2, -0.15) is 0 Å². The van der Waals surface area contributed by atoms with Crippen molar-refractivity contribution in [3.05, 3.63) is 18.5 Å². The Morgan fingerprint density at radius 3 is 1.56 bits per heavy atom. The van der Waals surface area contributed by atoms with Crippen LogP contribution in [0.1, 0.15) is 69.2 Å². The second-order valence-electron chi connectivity index (χ2n) is 11.9. The van der Waals surface area contributed by atoms with Crippen molar-refractivity contribution < 1.29 is 19.1 Å². The number of anilines is 1. The Labute approximate surface area is 216 Å². The molecule has 2 aliphatic rings. The van der Waals surface area contributed by atoms with Gasteiger partial charge in [-0.05, 0) is 75.3 Å². The number of hydrogen-bond donors (Lipinski definition) is 1. The number of carbonyl (C=O) groups excluding carboxylic acids is 2. The van der Waals surface area contributed by atoms with Gasteiger partial charge in [0.2, 0.25) is 5.95 Å². The molecule has 2 saturated heterocycles. The summed E-state index contributed by atoms with van der Waals surface area (Å²) in [6, 6.07) is 2.75. The number of ether oxygens (including phenoxy) is 2. The molecule has 204 valence electrons. The van der Waals surface area contributed by atoms with Gasteiger partial charge in [0.1, 0.15) is 11.2 Å². The van der Waals surface area contributed by atoms with E-state index in [9.17, 15) is 9.59 Å². The number of rotatable bonds is 1. The number of carbonyl (C=O) groups is 2. The quantitative estimate of drug-likeness (QED) is 0.612. The highest BCUT2D eigenvalue weighted by Gasteiger charge is 2.35. The molecular formula is C26H46N6O4. The van der Waals surface area contributed by atoms with E-state index >= 15 is 0 Å². The third kappa shape index (κ3) is 9.44. The molecule has 10 heteroatoms. The SMILES string of the molecule is CC1CN(C(=O)OC(C)(C)C)CC(C)N1.CC1CN(C(=O)OC(C)(C)C)CC(C)N1c1ncccn1. The molecule has 3 heterocycles. The van der Waals surface area contributed by atoms with E-state index in [4.69, 9.17) is 9.47 Å². The van der Waals surface area contributed by atoms with E-state index in [1.807, 2.05) is 41.5 Å². The Bertz CT molecular complexity index is 832. The van der Waals surface area contributed by atoms with Crippen LogP contribution < -0.4 is 10.2 Å². The largest absolute Gasteiger partial charge is 0.444 e. The molecule has 1 N–H and O–H groups in total. The predicted octanol–water partition coefficient (Wildman–Crippen LogP) is 3.91. The van der Waals surface area contributed by atoms with Crippen molar-refractivity contribution in [2.75, 3.05) is 31.1 Å². The number of nitrogens with zero attached hydrogens (tertiary/aromatic N) is 5. The molecule has 10 nitrogen and oxygen atoms in total. The molecule has 4 atom stereocenters. The van der Waals surface area contributed by atoms with Crippen molar-refractivity contribution >= 4 is 18.1 Å². The van der Waals surface area contributed by atoms with Gasteiger partial charge in [-0.1, -0.05) is 0 Å². The summed E-state index contributed by atoms with van der Waals surface area (Å²) in [6.07, 6.45) is 3.02. The van der Waals surface area contributed by atoms with Crippen LogP contribution in [0.2, 0.25) is 0 Å². The highest BCUT2D eigenvalue weighted by atomic mass is 16.6. The number of aromatic nitrogens is 2. The van der Waals surface area contributed by atoms with Crippen LogP contribution in [0.25, 0.3) is 0 Å². The Balaban J connectivity index is 0.000000269. The second kappa shape index (κ2) is 12.1. The molecule has 0 saturated carbocycles. The lowest BCUT2D eigenvalue weighted by Gasteiger charge is -2.44. The normalized spacial score (nSPS) is 25.0. The molecule has 0 aliphatic carbocycles. The lowest BCUT2D eigenvalue weighted by Crippen LogP contribution is -2.59. The van der Waals surface area contributed by atoms with E-state index in [1.165, 1.54) is 0 Å². The van der Waals surface area contributed by atoms with Crippen LogP contribution in [0, 0.1) is 0 Å². The van der Waals surface area contributed by atoms with Crippen molar-refractivity contribution in [2.24, 2.45) is 0 Å². The van der Waals surface area contributed by atoms with Gasteiger partial charge in [-0.25, -0.2) is 19.6 Å². The van der Waals surface area contributed by atoms with Crippen LogP contribution in [-0.2, 0) is 9.47 Å². The van der Waals surface area contributed by atoms with Gasteiger partial charge in [0, 0.05) is 62.7 Å². The molecule has 3 rings (SSSR count). The summed E-state index contributed by atoms with van der Waals surface area (Å²) in [6.45, 7) is 22.3. The first-order chi connectivity index (χ1) is 16.6. The number of piperazine rings is 2. The summed E-state index contributed by atoms with van der Waals surface area (Å²) in [7, 11) is 0. The fourth-order valence-corrected chi connectivity index (χ4v) is 4.42. The predicted molar refractivity (Wildman–Crippen MR) is 141 cm³/mol. The van der Waals surface area contributed by atoms with Crippen LogP contribution in [0.15, 0.2) is 18.5 Å². The lowest BCUT2D eigenvalue weighted by molar-refractivity contribution is 0.0164. The molecule has 2 amide bonds. The van der Waals surface area contributed by atoms with Crippen molar-refractivity contribution in [3.63, 3.8) is 0 Å². The lowest BCUT2D eigenvalue weighted by atomic mass is 10.1. The average molecular weight is 507 g/mol. The van der Waals surface area contributed by atoms with Crippen molar-refractivity contribution in [3.8, 4) is 0 Å². The summed E-state index contributed by atoms with van der Waals surface area (Å²) in [5, 5.41) is 3.38. The fourth-order valence-electron chi connectivity index (χ4n) is 4.42. The van der Waals surface area contributed by atoms with Crippen LogP contribution in [-0.4, -0.2) is 93.5 Å². The first-order valence-electron chi connectivity index (χ1n) is 12.8. The molecule has 0 spiro atoms. The van der Waals surface area contributed by atoms with Gasteiger partial charge in [-0.3, -0.25) is 0 Å². The number of nitrogens with one attached hydrogen (secondary N) is 1. The molecule has 1 aromatic heterocycles. The third-order valence-corrected chi connectivity index (χ3v) is 5.56. The highest BCUT2D eigenvalue weighted by Crippen LogP contribution is 2.22. The molecule has 4 unspecified atom stereocenters. The minimum Gasteiger partial charge on any atom is -0.444 e. The Morgan fingerprint density at radius 1 is 0.778 bits per heavy atom. The van der Waals surface area contributed by atoms with Gasteiger partial charge in [0.25, 0.3) is 0 Å². The third-order valence-electron chi connectivity index (χ3n) is 5.56. The molecule has 2 fully saturated rings. The highest BCUT2D eigenvalue weighted by molar-refractivity contribution is 5.69. The molecule has 0 radical (unpaired) electrons. The topological polar surface area (TPSA) is 100 Å². The van der Waals surface area contributed by atoms with Crippen LogP contribution in [0.3, 0.4) is 0 Å². The molecule has 2 aliphatic heterocycles. The summed E-state index contributed by atoms with van der Waals surface area (Å²) in [5.74, 6) is 0.710. The zero-order valence-corrected chi connectivity index (χ0v) is 23.7. The summed E-state index contributed by atoms with van der Waals surface area (Å²) >= 11 is 0. The van der Waals surface area contributed by atoms with Crippen LogP contribution in [0.4, 0.5) is 15.5 Å². The first-order valence-corrected chi connectivity index (χ1v) is 12.8. The van der Waals surface area contributed by atoms with E-state index in [0.717, 1.165) is 13.1 Å². The smallest absolute Gasteiger partial charge is 0.410 e. The maximum absolute atomic E-state index is 12.2. The zero-order chi connectivity index (χ0) is 27.3. The number of amides is 2. The van der Waals surface area contributed by atoms with Gasteiger partial charge in [0.15, 0.2) is 0 Å². The first kappa shape index (κ1) is 29.6. The molecular weight excluding hydrogens is 460 g/mol. The standard InChI is InChI=1S/C15H24N4O2.C11H22N2O2/c1-11-9-18(14(20)21-15(3,4)5)10-12(2)19(11)13-16-7-6-8-17-13;1-8-6-13(7-9(2)12-8)10(14)15-11(3,4)5/h6-8,11-12H,9-10H2,1-5H3;8-9,12H,6-7H2,1-5H3. The van der Waals surface area contributed by atoms with Crippen molar-refractivity contribution in [2.45, 2.75) is 105 Å². The average Bonchev–Trinajstić information content (AvgIpc) is 2.71. The fraction of sp³-hybridized carbons (Fsp3) is 0.769. The van der Waals surface area contributed by atoms with Crippen LogP contribution in [0.5, 0.6) is 0 Å². The summed E-state index contributed by atoms with van der Waals surface area (Å²) in [5.41, 5.74) is -0.877. The van der Waals surface area contributed by atoms with Gasteiger partial charge in [0.05, 0.1) is 0 Å². The molecule has 1 aromatic rings. The molecule has 36 heavy (non-hydrogen) atoms. The zero-order valence-electron chi connectivity index (χ0n) is 23.7. The molecule has 0 aromatic carbocycles. The Kier molecular flexibility index (Phi) is 9.93. The van der Waals surface area contributed by atoms with Gasteiger partial charge >= 0.3 is 12.2 Å². The minimum atomic E-state index is -0.469. The maximum atomic E-state index is 12.2. The van der Waals surface area contributed by atoms with Gasteiger partial charge in [-0.15, -0.1) is 0 Å². The second-order valence-corrected chi connectivity index (χ2v) is 11.9. The van der Waals surface area contributed by atoms with Crippen LogP contribution >= 0.6 is 0 Å². The Morgan fingerprint density at radius 2 is 1.17 bits per heavy atom. The Hall–Kier alpha value is -2.62.